The Morgan fingerprint density at radius 2 is 1.72 bits per heavy atom. The molecule has 0 bridgehead atoms. The number of hydrogen-bond donors (Lipinski definition) is 1. The molecule has 0 unspecified atom stereocenters. The van der Waals surface area contributed by atoms with Gasteiger partial charge in [-0.2, -0.15) is 13.2 Å². The van der Waals surface area contributed by atoms with Crippen molar-refractivity contribution in [3.05, 3.63) is 59.4 Å². The Morgan fingerprint density at radius 1 is 0.960 bits per heavy atom. The minimum absolute atomic E-state index is 0.0389. The number of hydrogen-bond acceptors (Lipinski definition) is 3. The molecule has 0 aromatic heterocycles. The summed E-state index contributed by atoms with van der Waals surface area (Å²) in [6.07, 6.45) is -4.41. The highest BCUT2D eigenvalue weighted by Crippen LogP contribution is 2.30. The fourth-order valence-corrected chi connectivity index (χ4v) is 2.19. The lowest BCUT2D eigenvalue weighted by atomic mass is 10.1. The van der Waals surface area contributed by atoms with Crippen LogP contribution in [0.3, 0.4) is 0 Å². The van der Waals surface area contributed by atoms with E-state index in [4.69, 9.17) is 9.47 Å². The van der Waals surface area contributed by atoms with Crippen molar-refractivity contribution in [3.8, 4) is 11.5 Å². The van der Waals surface area contributed by atoms with Gasteiger partial charge in [0.25, 0.3) is 0 Å². The van der Waals surface area contributed by atoms with E-state index in [2.05, 4.69) is 5.32 Å². The number of ether oxygens (including phenoxy) is 2. The van der Waals surface area contributed by atoms with Gasteiger partial charge in [0.1, 0.15) is 5.82 Å². The summed E-state index contributed by atoms with van der Waals surface area (Å²) in [5.41, 5.74) is 1.33. The van der Waals surface area contributed by atoms with Crippen LogP contribution in [-0.4, -0.2) is 19.4 Å². The highest BCUT2D eigenvalue weighted by atomic mass is 19.4. The van der Waals surface area contributed by atoms with Gasteiger partial charge < -0.3 is 14.8 Å². The smallest absolute Gasteiger partial charge is 0.422 e. The van der Waals surface area contributed by atoms with Crippen molar-refractivity contribution in [2.45, 2.75) is 26.2 Å². The van der Waals surface area contributed by atoms with Crippen molar-refractivity contribution in [2.24, 2.45) is 0 Å². The summed E-state index contributed by atoms with van der Waals surface area (Å²) in [7, 11) is 0. The topological polar surface area (TPSA) is 30.5 Å². The molecule has 0 heterocycles. The number of benzene rings is 2. The summed E-state index contributed by atoms with van der Waals surface area (Å²) in [6, 6.07) is 11.1. The Kier molecular flexibility index (Phi) is 6.64. The number of nitrogens with one attached hydrogen (secondary N) is 1. The second-order valence-corrected chi connectivity index (χ2v) is 5.31. The molecule has 0 atom stereocenters. The summed E-state index contributed by atoms with van der Waals surface area (Å²) >= 11 is 0. The van der Waals surface area contributed by atoms with Crippen LogP contribution in [0.5, 0.6) is 11.5 Å². The van der Waals surface area contributed by atoms with Gasteiger partial charge in [0, 0.05) is 18.7 Å². The van der Waals surface area contributed by atoms with Gasteiger partial charge in [0.15, 0.2) is 18.1 Å². The summed E-state index contributed by atoms with van der Waals surface area (Å²) in [6.45, 7) is 1.40. The van der Waals surface area contributed by atoms with Crippen LogP contribution in [0, 0.1) is 5.82 Å². The third-order valence-corrected chi connectivity index (χ3v) is 3.30. The summed E-state index contributed by atoms with van der Waals surface area (Å²) in [5.74, 6) is -0.00475. The van der Waals surface area contributed by atoms with E-state index in [1.54, 1.807) is 37.3 Å². The third kappa shape index (κ3) is 6.26. The molecule has 0 saturated heterocycles. The van der Waals surface area contributed by atoms with Crippen LogP contribution < -0.4 is 14.8 Å². The van der Waals surface area contributed by atoms with Crippen molar-refractivity contribution in [2.75, 3.05) is 13.2 Å². The first-order valence-corrected chi connectivity index (χ1v) is 7.78. The third-order valence-electron chi connectivity index (χ3n) is 3.30. The molecule has 136 valence electrons. The second kappa shape index (κ2) is 8.71. The number of halogens is 4. The largest absolute Gasteiger partial charge is 0.490 e. The van der Waals surface area contributed by atoms with Crippen LogP contribution >= 0.6 is 0 Å². The molecule has 0 saturated carbocycles. The highest BCUT2D eigenvalue weighted by Gasteiger charge is 2.29. The molecule has 0 aliphatic heterocycles. The van der Waals surface area contributed by atoms with Gasteiger partial charge in [-0.1, -0.05) is 24.3 Å². The molecule has 0 aliphatic carbocycles. The van der Waals surface area contributed by atoms with Crippen LogP contribution in [0.1, 0.15) is 18.1 Å². The molecule has 2 aromatic carbocycles. The lowest BCUT2D eigenvalue weighted by Gasteiger charge is -2.15. The maximum atomic E-state index is 13.5. The molecule has 0 spiro atoms. The molecule has 25 heavy (non-hydrogen) atoms. The molecule has 2 rings (SSSR count). The number of alkyl halides is 3. The molecule has 2 aromatic rings. The van der Waals surface area contributed by atoms with Crippen molar-refractivity contribution in [1.29, 1.82) is 0 Å². The van der Waals surface area contributed by atoms with Gasteiger partial charge in [-0.15, -0.1) is 0 Å². The summed E-state index contributed by atoms with van der Waals surface area (Å²) in [4.78, 5) is 0. The Bertz CT molecular complexity index is 689. The fourth-order valence-electron chi connectivity index (χ4n) is 2.19. The van der Waals surface area contributed by atoms with E-state index >= 15 is 0 Å². The van der Waals surface area contributed by atoms with Gasteiger partial charge in [0.05, 0.1) is 6.61 Å². The highest BCUT2D eigenvalue weighted by molar-refractivity contribution is 5.43. The standard InChI is InChI=1S/C18H19F4NO2/c1-2-24-17-9-13(7-8-16(17)25-12-18(20,21)22)10-23-11-14-5-3-4-6-15(14)19/h3-9,23H,2,10-12H2,1H3. The van der Waals surface area contributed by atoms with Crippen LogP contribution in [0.2, 0.25) is 0 Å². The predicted octanol–water partition coefficient (Wildman–Crippen LogP) is 4.46. The SMILES string of the molecule is CCOc1cc(CNCc2ccccc2F)ccc1OCC(F)(F)F. The number of rotatable bonds is 8. The quantitative estimate of drug-likeness (QED) is 0.708. The van der Waals surface area contributed by atoms with Crippen LogP contribution in [-0.2, 0) is 13.1 Å². The first-order valence-electron chi connectivity index (χ1n) is 7.78. The predicted molar refractivity (Wildman–Crippen MR) is 86.1 cm³/mol. The summed E-state index contributed by atoms with van der Waals surface area (Å²) in [5, 5.41) is 3.09. The van der Waals surface area contributed by atoms with Crippen LogP contribution in [0.25, 0.3) is 0 Å². The average molecular weight is 357 g/mol. The van der Waals surface area contributed by atoms with E-state index in [0.29, 0.717) is 25.3 Å². The van der Waals surface area contributed by atoms with E-state index in [1.165, 1.54) is 12.1 Å². The lowest BCUT2D eigenvalue weighted by Crippen LogP contribution is -2.19. The zero-order valence-corrected chi connectivity index (χ0v) is 13.7. The Balaban J connectivity index is 1.99. The van der Waals surface area contributed by atoms with Crippen molar-refractivity contribution in [1.82, 2.24) is 5.32 Å². The van der Waals surface area contributed by atoms with E-state index in [9.17, 15) is 17.6 Å². The van der Waals surface area contributed by atoms with Crippen molar-refractivity contribution < 1.29 is 27.0 Å². The van der Waals surface area contributed by atoms with E-state index in [-0.39, 0.29) is 17.3 Å². The first kappa shape index (κ1) is 19.1. The minimum Gasteiger partial charge on any atom is -0.490 e. The Morgan fingerprint density at radius 3 is 2.40 bits per heavy atom. The monoisotopic (exact) mass is 357 g/mol. The maximum Gasteiger partial charge on any atom is 0.422 e. The van der Waals surface area contributed by atoms with Crippen LogP contribution in [0.15, 0.2) is 42.5 Å². The molecule has 1 N–H and O–H groups in total. The maximum absolute atomic E-state index is 13.5. The second-order valence-electron chi connectivity index (χ2n) is 5.31. The van der Waals surface area contributed by atoms with E-state index in [1.807, 2.05) is 0 Å². The van der Waals surface area contributed by atoms with Gasteiger partial charge in [0.2, 0.25) is 0 Å². The van der Waals surface area contributed by atoms with Crippen molar-refractivity contribution >= 4 is 0 Å². The molecule has 7 heteroatoms. The zero-order valence-electron chi connectivity index (χ0n) is 13.7. The molecule has 0 fully saturated rings. The Hall–Kier alpha value is -2.28. The molecular formula is C18H19F4NO2. The normalized spacial score (nSPS) is 11.4. The van der Waals surface area contributed by atoms with Gasteiger partial charge >= 0.3 is 6.18 Å². The lowest BCUT2D eigenvalue weighted by molar-refractivity contribution is -0.153. The zero-order chi connectivity index (χ0) is 18.3. The molecule has 0 amide bonds. The van der Waals surface area contributed by atoms with E-state index < -0.39 is 12.8 Å². The van der Waals surface area contributed by atoms with Crippen LogP contribution in [0.4, 0.5) is 17.6 Å². The molecule has 0 aliphatic rings. The van der Waals surface area contributed by atoms with Crippen molar-refractivity contribution in [3.63, 3.8) is 0 Å². The molecule has 0 radical (unpaired) electrons. The first-order chi connectivity index (χ1) is 11.9. The van der Waals surface area contributed by atoms with Gasteiger partial charge in [-0.25, -0.2) is 4.39 Å². The summed E-state index contributed by atoms with van der Waals surface area (Å²) < 4.78 is 60.5. The molecular weight excluding hydrogens is 338 g/mol. The molecule has 3 nitrogen and oxygen atoms in total. The van der Waals surface area contributed by atoms with Gasteiger partial charge in [-0.05, 0) is 30.7 Å². The van der Waals surface area contributed by atoms with Gasteiger partial charge in [-0.3, -0.25) is 0 Å². The minimum atomic E-state index is -4.41. The van der Waals surface area contributed by atoms with E-state index in [0.717, 1.165) is 5.56 Å². The fraction of sp³-hybridized carbons (Fsp3) is 0.333. The average Bonchev–Trinajstić information content (AvgIpc) is 2.55. The Labute approximate surface area is 143 Å².